The van der Waals surface area contributed by atoms with E-state index in [4.69, 9.17) is 9.47 Å². The highest BCUT2D eigenvalue weighted by Gasteiger charge is 2.13. The van der Waals surface area contributed by atoms with E-state index in [0.29, 0.717) is 45.7 Å². The van der Waals surface area contributed by atoms with Crippen LogP contribution in [0.25, 0.3) is 10.9 Å². The molecule has 0 amide bonds. The quantitative estimate of drug-likeness (QED) is 0.289. The molecule has 0 saturated heterocycles. The Bertz CT molecular complexity index is 1170. The van der Waals surface area contributed by atoms with Gasteiger partial charge in [-0.2, -0.15) is 9.78 Å². The minimum atomic E-state index is -0.210. The molecule has 6 nitrogen and oxygen atoms in total. The Morgan fingerprint density at radius 3 is 2.77 bits per heavy atom. The van der Waals surface area contributed by atoms with E-state index in [1.54, 1.807) is 31.5 Å². The van der Waals surface area contributed by atoms with Crippen LogP contribution in [-0.2, 0) is 6.42 Å². The molecular weight excluding hydrogens is 514 g/mol. The van der Waals surface area contributed by atoms with Crippen molar-refractivity contribution in [2.75, 3.05) is 13.7 Å². The number of nitrogens with zero attached hydrogens (tertiary/aromatic N) is 3. The van der Waals surface area contributed by atoms with E-state index in [9.17, 15) is 4.79 Å². The highest BCUT2D eigenvalue weighted by atomic mass is 79.9. The third-order valence-electron chi connectivity index (χ3n) is 4.27. The average molecular weight is 535 g/mol. The summed E-state index contributed by atoms with van der Waals surface area (Å²) in [6.45, 7) is 6.05. The van der Waals surface area contributed by atoms with Gasteiger partial charge in [0.25, 0.3) is 5.56 Å². The van der Waals surface area contributed by atoms with Gasteiger partial charge in [0.1, 0.15) is 12.4 Å². The Labute approximate surface area is 191 Å². The van der Waals surface area contributed by atoms with Gasteiger partial charge in [-0.25, -0.2) is 4.98 Å². The van der Waals surface area contributed by atoms with E-state index >= 15 is 0 Å². The summed E-state index contributed by atoms with van der Waals surface area (Å²) in [4.78, 5) is 17.7. The van der Waals surface area contributed by atoms with Gasteiger partial charge in [0.15, 0.2) is 11.5 Å². The predicted molar refractivity (Wildman–Crippen MR) is 127 cm³/mol. The summed E-state index contributed by atoms with van der Waals surface area (Å²) in [6, 6.07) is 9.11. The van der Waals surface area contributed by atoms with Gasteiger partial charge in [-0.05, 0) is 58.2 Å². The Kier molecular flexibility index (Phi) is 7.44. The molecule has 3 aromatic rings. The van der Waals surface area contributed by atoms with Gasteiger partial charge in [-0.15, -0.1) is 0 Å². The molecule has 0 unspecified atom stereocenters. The van der Waals surface area contributed by atoms with Crippen LogP contribution in [0.5, 0.6) is 11.5 Å². The molecule has 3 rings (SSSR count). The maximum Gasteiger partial charge on any atom is 0.282 e. The second-order valence-electron chi connectivity index (χ2n) is 6.43. The minimum Gasteiger partial charge on any atom is -0.493 e. The first kappa shape index (κ1) is 22.2. The van der Waals surface area contributed by atoms with Gasteiger partial charge in [-0.1, -0.05) is 35.5 Å². The molecule has 0 aliphatic heterocycles. The molecule has 0 N–H and O–H groups in total. The molecule has 1 aromatic heterocycles. The van der Waals surface area contributed by atoms with Gasteiger partial charge in [0.05, 0.1) is 28.7 Å². The van der Waals surface area contributed by atoms with Crippen molar-refractivity contribution in [1.82, 2.24) is 9.66 Å². The summed E-state index contributed by atoms with van der Waals surface area (Å²) in [6.07, 6.45) is 4.75. The number of rotatable bonds is 8. The lowest BCUT2D eigenvalue weighted by Crippen LogP contribution is -2.22. The van der Waals surface area contributed by atoms with E-state index in [1.165, 1.54) is 4.68 Å². The van der Waals surface area contributed by atoms with Crippen molar-refractivity contribution >= 4 is 49.0 Å². The lowest BCUT2D eigenvalue weighted by molar-refractivity contribution is 0.324. The van der Waals surface area contributed by atoms with Gasteiger partial charge < -0.3 is 9.47 Å². The van der Waals surface area contributed by atoms with E-state index in [2.05, 4.69) is 48.5 Å². The smallest absolute Gasteiger partial charge is 0.282 e. The fourth-order valence-electron chi connectivity index (χ4n) is 2.92. The van der Waals surface area contributed by atoms with Crippen molar-refractivity contribution in [3.05, 3.63) is 73.7 Å². The minimum absolute atomic E-state index is 0.210. The number of aryl methyl sites for hydroxylation is 1. The summed E-state index contributed by atoms with van der Waals surface area (Å²) in [5.41, 5.74) is 1.19. The maximum absolute atomic E-state index is 13.1. The van der Waals surface area contributed by atoms with Crippen LogP contribution in [-0.4, -0.2) is 29.6 Å². The number of hydrogen-bond donors (Lipinski definition) is 0. The first-order chi connectivity index (χ1) is 14.5. The fraction of sp³-hybridized carbons (Fsp3) is 0.227. The molecule has 0 aliphatic rings. The molecule has 0 aliphatic carbocycles. The fourth-order valence-corrected chi connectivity index (χ4v) is 3.86. The topological polar surface area (TPSA) is 65.7 Å². The largest absolute Gasteiger partial charge is 0.493 e. The number of aromatic nitrogens is 2. The number of halogens is 2. The SMILES string of the molecule is C=CCOc1c(Br)cc(C=Nn2c(CCC)nc3ccc(Br)cc3c2=O)cc1OC. The average Bonchev–Trinajstić information content (AvgIpc) is 2.73. The van der Waals surface area contributed by atoms with Crippen molar-refractivity contribution in [2.45, 2.75) is 19.8 Å². The van der Waals surface area contributed by atoms with E-state index in [-0.39, 0.29) is 5.56 Å². The third kappa shape index (κ3) is 4.82. The number of methoxy groups -OCH3 is 1. The van der Waals surface area contributed by atoms with Gasteiger partial charge >= 0.3 is 0 Å². The zero-order chi connectivity index (χ0) is 21.7. The maximum atomic E-state index is 13.1. The van der Waals surface area contributed by atoms with Gasteiger partial charge in [0.2, 0.25) is 0 Å². The van der Waals surface area contributed by atoms with Crippen molar-refractivity contribution in [3.63, 3.8) is 0 Å². The molecule has 0 bridgehead atoms. The molecule has 0 atom stereocenters. The molecule has 0 fully saturated rings. The van der Waals surface area contributed by atoms with Crippen LogP contribution in [0.3, 0.4) is 0 Å². The highest BCUT2D eigenvalue weighted by molar-refractivity contribution is 9.10. The number of benzene rings is 2. The second kappa shape index (κ2) is 10.0. The van der Waals surface area contributed by atoms with Crippen LogP contribution >= 0.6 is 31.9 Å². The number of ether oxygens (including phenoxy) is 2. The molecule has 2 aromatic carbocycles. The van der Waals surface area contributed by atoms with Crippen molar-refractivity contribution in [2.24, 2.45) is 5.10 Å². The molecule has 0 radical (unpaired) electrons. The molecule has 1 heterocycles. The summed E-state index contributed by atoms with van der Waals surface area (Å²) in [5.74, 6) is 1.75. The molecule has 8 heteroatoms. The lowest BCUT2D eigenvalue weighted by Gasteiger charge is -2.12. The first-order valence-corrected chi connectivity index (χ1v) is 10.9. The zero-order valence-electron chi connectivity index (χ0n) is 16.7. The molecule has 0 spiro atoms. The van der Waals surface area contributed by atoms with Crippen molar-refractivity contribution in [3.8, 4) is 11.5 Å². The van der Waals surface area contributed by atoms with E-state index < -0.39 is 0 Å². The van der Waals surface area contributed by atoms with Crippen LogP contribution < -0.4 is 15.0 Å². The summed E-state index contributed by atoms with van der Waals surface area (Å²) in [7, 11) is 1.57. The summed E-state index contributed by atoms with van der Waals surface area (Å²) in [5, 5.41) is 4.96. The van der Waals surface area contributed by atoms with Crippen LogP contribution in [0.1, 0.15) is 24.7 Å². The van der Waals surface area contributed by atoms with Gasteiger partial charge in [0, 0.05) is 10.9 Å². The molecule has 0 saturated carbocycles. The number of fused-ring (bicyclic) bond motifs is 1. The summed E-state index contributed by atoms with van der Waals surface area (Å²) < 4.78 is 14.0. The molecule has 156 valence electrons. The van der Waals surface area contributed by atoms with Crippen LogP contribution in [0, 0.1) is 0 Å². The predicted octanol–water partition coefficient (Wildman–Crippen LogP) is 5.33. The van der Waals surface area contributed by atoms with Crippen molar-refractivity contribution in [1.29, 1.82) is 0 Å². The Balaban J connectivity index is 2.08. The Hall–Kier alpha value is -2.45. The summed E-state index contributed by atoms with van der Waals surface area (Å²) >= 11 is 6.92. The van der Waals surface area contributed by atoms with E-state index in [0.717, 1.165) is 16.5 Å². The second-order valence-corrected chi connectivity index (χ2v) is 8.20. The number of hydrogen-bond acceptors (Lipinski definition) is 5. The monoisotopic (exact) mass is 533 g/mol. The van der Waals surface area contributed by atoms with Crippen LogP contribution in [0.2, 0.25) is 0 Å². The van der Waals surface area contributed by atoms with Crippen LogP contribution in [0.4, 0.5) is 0 Å². The third-order valence-corrected chi connectivity index (χ3v) is 5.35. The Morgan fingerprint density at radius 1 is 1.27 bits per heavy atom. The molecule has 30 heavy (non-hydrogen) atoms. The van der Waals surface area contributed by atoms with Crippen LogP contribution in [0.15, 0.2) is 61.8 Å². The normalized spacial score (nSPS) is 11.2. The molecular formula is C22H21Br2N3O3. The standard InChI is InChI=1S/C22H21Br2N3O3/c1-4-6-20-26-18-8-7-15(23)12-16(18)22(28)27(20)25-13-14-10-17(24)21(30-9-5-2)19(11-14)29-3/h5,7-8,10-13H,2,4,6,9H2,1,3H3. The lowest BCUT2D eigenvalue weighted by atomic mass is 10.2. The van der Waals surface area contributed by atoms with E-state index in [1.807, 2.05) is 25.1 Å². The zero-order valence-corrected chi connectivity index (χ0v) is 19.9. The first-order valence-electron chi connectivity index (χ1n) is 9.35. The van der Waals surface area contributed by atoms with Gasteiger partial charge in [-0.3, -0.25) is 4.79 Å². The highest BCUT2D eigenvalue weighted by Crippen LogP contribution is 2.36. The Morgan fingerprint density at radius 2 is 2.07 bits per heavy atom. The van der Waals surface area contributed by atoms with Crippen molar-refractivity contribution < 1.29 is 9.47 Å².